The first-order valence-corrected chi connectivity index (χ1v) is 9.86. The molecule has 1 aliphatic heterocycles. The zero-order valence-electron chi connectivity index (χ0n) is 15.3. The summed E-state index contributed by atoms with van der Waals surface area (Å²) in [6, 6.07) is 7.37. The molecule has 5 nitrogen and oxygen atoms in total. The maximum Gasteiger partial charge on any atom is 0.407 e. The van der Waals surface area contributed by atoms with Gasteiger partial charge in [0.25, 0.3) is 0 Å². The number of ether oxygens (including phenoxy) is 1. The lowest BCUT2D eigenvalue weighted by atomic mass is 9.67. The van der Waals surface area contributed by atoms with E-state index in [4.69, 9.17) is 4.74 Å². The number of alkyl carbamates (subject to hydrolysis) is 1. The molecular formula is C21H26N2O3. The van der Waals surface area contributed by atoms with Crippen LogP contribution < -0.4 is 5.32 Å². The van der Waals surface area contributed by atoms with Gasteiger partial charge in [-0.2, -0.15) is 0 Å². The third-order valence-electron chi connectivity index (χ3n) is 7.07. The molecule has 2 amide bonds. The Labute approximate surface area is 154 Å². The van der Waals surface area contributed by atoms with Crippen LogP contribution in [0.4, 0.5) is 4.79 Å². The number of carbonyl (C=O) groups excluding carboxylic acids is 2. The van der Waals surface area contributed by atoms with Gasteiger partial charge < -0.3 is 15.0 Å². The molecule has 0 aromatic heterocycles. The summed E-state index contributed by atoms with van der Waals surface area (Å²) < 4.78 is 5.00. The third-order valence-corrected chi connectivity index (χ3v) is 7.07. The minimum Gasteiger partial charge on any atom is -0.447 e. The average Bonchev–Trinajstić information content (AvgIpc) is 3.17. The van der Waals surface area contributed by atoms with Crippen LogP contribution in [0.5, 0.6) is 0 Å². The number of hydrogen-bond donors (Lipinski definition) is 1. The van der Waals surface area contributed by atoms with Crippen LogP contribution in [0.2, 0.25) is 0 Å². The van der Waals surface area contributed by atoms with E-state index >= 15 is 0 Å². The van der Waals surface area contributed by atoms with Crippen LogP contribution in [-0.4, -0.2) is 42.1 Å². The Morgan fingerprint density at radius 3 is 2.73 bits per heavy atom. The largest absolute Gasteiger partial charge is 0.447 e. The summed E-state index contributed by atoms with van der Waals surface area (Å²) in [6.07, 6.45) is 6.96. The lowest BCUT2D eigenvalue weighted by Crippen LogP contribution is -2.59. The molecular weight excluding hydrogens is 328 g/mol. The van der Waals surface area contributed by atoms with Gasteiger partial charge in [0.1, 0.15) is 6.61 Å². The molecule has 1 spiro atoms. The van der Waals surface area contributed by atoms with Crippen LogP contribution in [0.15, 0.2) is 18.2 Å². The van der Waals surface area contributed by atoms with Gasteiger partial charge in [-0.25, -0.2) is 4.79 Å². The topological polar surface area (TPSA) is 58.6 Å². The molecule has 5 rings (SSSR count). The van der Waals surface area contributed by atoms with Gasteiger partial charge in [-0.3, -0.25) is 4.79 Å². The van der Waals surface area contributed by atoms with Crippen LogP contribution in [0.1, 0.15) is 54.7 Å². The summed E-state index contributed by atoms with van der Waals surface area (Å²) in [5, 5.41) is 2.86. The molecule has 5 heteroatoms. The molecule has 1 saturated heterocycles. The number of amides is 2. The zero-order valence-corrected chi connectivity index (χ0v) is 15.3. The molecule has 3 aliphatic carbocycles. The predicted octanol–water partition coefficient (Wildman–Crippen LogP) is 2.77. The molecule has 138 valence electrons. The summed E-state index contributed by atoms with van der Waals surface area (Å²) in [5.41, 5.74) is 4.25. The Kier molecular flexibility index (Phi) is 3.56. The molecule has 2 saturated carbocycles. The van der Waals surface area contributed by atoms with Crippen molar-refractivity contribution < 1.29 is 14.3 Å². The van der Waals surface area contributed by atoms with Crippen molar-refractivity contribution in [2.75, 3.05) is 13.7 Å². The fraction of sp³-hybridized carbons (Fsp3) is 0.619. The summed E-state index contributed by atoms with van der Waals surface area (Å²) >= 11 is 0. The number of benzene rings is 1. The van der Waals surface area contributed by atoms with Gasteiger partial charge in [-0.15, -0.1) is 0 Å². The predicted molar refractivity (Wildman–Crippen MR) is 96.9 cm³/mol. The monoisotopic (exact) mass is 354 g/mol. The summed E-state index contributed by atoms with van der Waals surface area (Å²) in [6.45, 7) is 0.406. The quantitative estimate of drug-likeness (QED) is 0.908. The number of cyclic esters (lactones) is 1. The fourth-order valence-corrected chi connectivity index (χ4v) is 5.26. The van der Waals surface area contributed by atoms with E-state index in [2.05, 4.69) is 23.5 Å². The van der Waals surface area contributed by atoms with Crippen molar-refractivity contribution in [3.63, 3.8) is 0 Å². The maximum absolute atomic E-state index is 12.8. The summed E-state index contributed by atoms with van der Waals surface area (Å²) in [4.78, 5) is 25.9. The number of hydrogen-bond acceptors (Lipinski definition) is 3. The molecule has 1 heterocycles. The van der Waals surface area contributed by atoms with Gasteiger partial charge in [0, 0.05) is 19.0 Å². The normalized spacial score (nSPS) is 34.5. The maximum atomic E-state index is 12.8. The highest BCUT2D eigenvalue weighted by Gasteiger charge is 2.53. The Morgan fingerprint density at radius 2 is 2.00 bits per heavy atom. The minimum absolute atomic E-state index is 0.0287. The van der Waals surface area contributed by atoms with Crippen molar-refractivity contribution >= 4 is 12.0 Å². The SMILES string of the molecule is CN(C(=O)[C@H]1C[C@]2(COC(=O)N2)C1)[C@H]1C[C@@H](c2ccc3c(c2)CCC3)C1. The van der Waals surface area contributed by atoms with Crippen molar-refractivity contribution in [1.82, 2.24) is 10.2 Å². The van der Waals surface area contributed by atoms with Crippen molar-refractivity contribution in [3.8, 4) is 0 Å². The van der Waals surface area contributed by atoms with E-state index in [1.54, 1.807) is 0 Å². The van der Waals surface area contributed by atoms with Crippen molar-refractivity contribution in [1.29, 1.82) is 0 Å². The minimum atomic E-state index is -0.347. The van der Waals surface area contributed by atoms with E-state index in [0.717, 1.165) is 12.8 Å². The second kappa shape index (κ2) is 5.73. The Hall–Kier alpha value is -2.04. The first-order chi connectivity index (χ1) is 12.5. The van der Waals surface area contributed by atoms with E-state index in [1.165, 1.54) is 36.0 Å². The van der Waals surface area contributed by atoms with Crippen molar-refractivity contribution in [2.24, 2.45) is 5.92 Å². The summed E-state index contributed by atoms with van der Waals surface area (Å²) in [5.74, 6) is 0.853. The number of fused-ring (bicyclic) bond motifs is 1. The first kappa shape index (κ1) is 16.2. The van der Waals surface area contributed by atoms with Gasteiger partial charge in [0.15, 0.2) is 0 Å². The molecule has 1 aromatic rings. The molecule has 0 unspecified atom stereocenters. The molecule has 4 aliphatic rings. The zero-order chi connectivity index (χ0) is 17.9. The van der Waals surface area contributed by atoms with E-state index in [1.807, 2.05) is 11.9 Å². The number of aryl methyl sites for hydroxylation is 2. The Balaban J connectivity index is 1.15. The molecule has 0 bridgehead atoms. The first-order valence-electron chi connectivity index (χ1n) is 9.86. The average molecular weight is 354 g/mol. The van der Waals surface area contributed by atoms with E-state index < -0.39 is 0 Å². The van der Waals surface area contributed by atoms with Gasteiger partial charge in [0.05, 0.1) is 5.54 Å². The molecule has 0 radical (unpaired) electrons. The van der Waals surface area contributed by atoms with E-state index in [-0.39, 0.29) is 23.5 Å². The van der Waals surface area contributed by atoms with E-state index in [9.17, 15) is 9.59 Å². The molecule has 3 fully saturated rings. The molecule has 1 aromatic carbocycles. The Bertz CT molecular complexity index is 763. The number of nitrogens with one attached hydrogen (secondary N) is 1. The van der Waals surface area contributed by atoms with Gasteiger partial charge >= 0.3 is 6.09 Å². The smallest absolute Gasteiger partial charge is 0.407 e. The van der Waals surface area contributed by atoms with Gasteiger partial charge in [-0.1, -0.05) is 18.2 Å². The van der Waals surface area contributed by atoms with Crippen LogP contribution in [0.25, 0.3) is 0 Å². The fourth-order valence-electron chi connectivity index (χ4n) is 5.26. The second-order valence-corrected chi connectivity index (χ2v) is 8.74. The highest BCUT2D eigenvalue weighted by atomic mass is 16.6. The van der Waals surface area contributed by atoms with E-state index in [0.29, 0.717) is 31.4 Å². The number of nitrogens with zero attached hydrogens (tertiary/aromatic N) is 1. The van der Waals surface area contributed by atoms with Gasteiger partial charge in [0.2, 0.25) is 5.91 Å². The van der Waals surface area contributed by atoms with Crippen LogP contribution in [0, 0.1) is 5.92 Å². The Morgan fingerprint density at radius 1 is 1.23 bits per heavy atom. The van der Waals surface area contributed by atoms with Gasteiger partial charge in [-0.05, 0) is 67.6 Å². The van der Waals surface area contributed by atoms with Crippen LogP contribution in [0.3, 0.4) is 0 Å². The third kappa shape index (κ3) is 2.51. The van der Waals surface area contributed by atoms with Crippen molar-refractivity contribution in [2.45, 2.75) is 62.4 Å². The van der Waals surface area contributed by atoms with Crippen molar-refractivity contribution in [3.05, 3.63) is 34.9 Å². The molecule has 1 N–H and O–H groups in total. The lowest BCUT2D eigenvalue weighted by molar-refractivity contribution is -0.143. The lowest BCUT2D eigenvalue weighted by Gasteiger charge is -2.47. The van der Waals surface area contributed by atoms with Crippen LogP contribution >= 0.6 is 0 Å². The molecule has 26 heavy (non-hydrogen) atoms. The second-order valence-electron chi connectivity index (χ2n) is 8.74. The highest BCUT2D eigenvalue weighted by Crippen LogP contribution is 2.44. The number of carbonyl (C=O) groups is 2. The summed E-state index contributed by atoms with van der Waals surface area (Å²) in [7, 11) is 1.95. The molecule has 0 atom stereocenters. The number of rotatable bonds is 3. The standard InChI is InChI=1S/C21H26N2O3/c1-23(19(24)17-10-21(11-17)12-26-20(25)22-21)18-8-16(9-18)15-6-5-13-3-2-4-14(13)7-15/h5-7,16-18H,2-4,8-12H2,1H3,(H,22,25)/t16-,17-,18+,21+. The highest BCUT2D eigenvalue weighted by molar-refractivity contribution is 5.81. The van der Waals surface area contributed by atoms with Crippen LogP contribution in [-0.2, 0) is 22.4 Å².